The Kier molecular flexibility index (Phi) is 3.15. The lowest BCUT2D eigenvalue weighted by Gasteiger charge is -2.27. The first-order valence-corrected chi connectivity index (χ1v) is 8.43. The maximum Gasteiger partial charge on any atom is 0.258 e. The molecule has 26 heavy (non-hydrogen) atoms. The van der Waals surface area contributed by atoms with Gasteiger partial charge in [0, 0.05) is 24.7 Å². The maximum atomic E-state index is 12.8. The van der Waals surface area contributed by atoms with Gasteiger partial charge in [-0.25, -0.2) is 9.98 Å². The second-order valence-corrected chi connectivity index (χ2v) is 6.32. The summed E-state index contributed by atoms with van der Waals surface area (Å²) in [6.07, 6.45) is 1.74. The van der Waals surface area contributed by atoms with Crippen molar-refractivity contribution in [3.05, 3.63) is 59.9 Å². The topological polar surface area (TPSA) is 74.9 Å². The number of amidine groups is 1. The number of hydrogen-bond acceptors (Lipinski definition) is 5. The van der Waals surface area contributed by atoms with Gasteiger partial charge in [0.25, 0.3) is 5.91 Å². The predicted molar refractivity (Wildman–Crippen MR) is 99.8 cm³/mol. The molecule has 0 unspecified atom stereocenters. The molecule has 0 saturated heterocycles. The van der Waals surface area contributed by atoms with E-state index in [4.69, 9.17) is 0 Å². The second kappa shape index (κ2) is 5.52. The van der Waals surface area contributed by atoms with E-state index >= 15 is 0 Å². The van der Waals surface area contributed by atoms with Crippen molar-refractivity contribution in [2.75, 3.05) is 13.1 Å². The zero-order valence-electron chi connectivity index (χ0n) is 14.2. The van der Waals surface area contributed by atoms with Crippen LogP contribution in [0.1, 0.15) is 15.9 Å². The van der Waals surface area contributed by atoms with Gasteiger partial charge in [0.15, 0.2) is 0 Å². The molecular formula is C19H16N6O. The Morgan fingerprint density at radius 3 is 3.00 bits per heavy atom. The molecule has 1 amide bonds. The van der Waals surface area contributed by atoms with Crippen LogP contribution >= 0.6 is 0 Å². The minimum absolute atomic E-state index is 0.207. The number of benzene rings is 2. The van der Waals surface area contributed by atoms with Crippen molar-refractivity contribution in [1.82, 2.24) is 19.8 Å². The van der Waals surface area contributed by atoms with Gasteiger partial charge in [-0.2, -0.15) is 0 Å². The molecular weight excluding hydrogens is 328 g/mol. The lowest BCUT2D eigenvalue weighted by molar-refractivity contribution is 0.0974. The molecule has 0 radical (unpaired) electrons. The van der Waals surface area contributed by atoms with Gasteiger partial charge >= 0.3 is 0 Å². The summed E-state index contributed by atoms with van der Waals surface area (Å²) in [6.45, 7) is 1.40. The van der Waals surface area contributed by atoms with Crippen molar-refractivity contribution < 1.29 is 4.79 Å². The number of amides is 1. The normalized spacial score (nSPS) is 15.3. The standard InChI is InChI=1S/C19H16N6O/c1-24-11-21-15-10-12(6-7-16(15)24)18(26)23-19-22-14-5-3-2-4-13(14)17-20-8-9-25(17)19/h2-7,10-11H,8-9H2,1H3,(H,22,23,26). The summed E-state index contributed by atoms with van der Waals surface area (Å²) >= 11 is 0. The number of fused-ring (bicyclic) bond motifs is 4. The summed E-state index contributed by atoms with van der Waals surface area (Å²) in [7, 11) is 1.93. The zero-order valence-corrected chi connectivity index (χ0v) is 14.2. The lowest BCUT2D eigenvalue weighted by Crippen LogP contribution is -2.47. The Morgan fingerprint density at radius 2 is 2.08 bits per heavy atom. The van der Waals surface area contributed by atoms with Crippen molar-refractivity contribution >= 4 is 34.4 Å². The molecule has 0 spiro atoms. The van der Waals surface area contributed by atoms with Crippen molar-refractivity contribution in [1.29, 1.82) is 0 Å². The van der Waals surface area contributed by atoms with Crippen LogP contribution in [-0.4, -0.2) is 45.2 Å². The number of rotatable bonds is 1. The quantitative estimate of drug-likeness (QED) is 0.734. The summed E-state index contributed by atoms with van der Waals surface area (Å²) in [5.74, 6) is 1.18. The van der Waals surface area contributed by atoms with Crippen molar-refractivity contribution in [2.45, 2.75) is 0 Å². The van der Waals surface area contributed by atoms with E-state index in [0.717, 1.165) is 28.1 Å². The molecule has 7 nitrogen and oxygen atoms in total. The van der Waals surface area contributed by atoms with E-state index in [1.54, 1.807) is 18.5 Å². The Bertz CT molecular complexity index is 1110. The molecule has 0 bridgehead atoms. The third-order valence-corrected chi connectivity index (χ3v) is 4.68. The average molecular weight is 344 g/mol. The molecule has 5 rings (SSSR count). The van der Waals surface area contributed by atoms with Crippen LogP contribution in [0.25, 0.3) is 11.0 Å². The van der Waals surface area contributed by atoms with Crippen LogP contribution in [0.5, 0.6) is 0 Å². The van der Waals surface area contributed by atoms with Gasteiger partial charge in [0.1, 0.15) is 5.84 Å². The Morgan fingerprint density at radius 1 is 1.19 bits per heavy atom. The van der Waals surface area contributed by atoms with E-state index in [1.807, 2.05) is 46.8 Å². The summed E-state index contributed by atoms with van der Waals surface area (Å²) < 4.78 is 1.92. The minimum atomic E-state index is -0.207. The first-order chi connectivity index (χ1) is 12.7. The number of nitrogens with zero attached hydrogens (tertiary/aromatic N) is 5. The summed E-state index contributed by atoms with van der Waals surface area (Å²) in [4.78, 5) is 28.2. The molecule has 1 N–H and O–H groups in total. The van der Waals surface area contributed by atoms with Crippen LogP contribution in [0.4, 0.5) is 5.69 Å². The van der Waals surface area contributed by atoms with Gasteiger partial charge in [0.05, 0.1) is 29.6 Å². The number of aromatic nitrogens is 2. The molecule has 2 aromatic carbocycles. The molecule has 1 aromatic heterocycles. The molecule has 0 aliphatic carbocycles. The first-order valence-electron chi connectivity index (χ1n) is 8.43. The van der Waals surface area contributed by atoms with Crippen LogP contribution < -0.4 is 5.32 Å². The molecule has 2 aliphatic rings. The summed E-state index contributed by atoms with van der Waals surface area (Å²) in [5, 5.41) is 2.94. The van der Waals surface area contributed by atoms with Crippen LogP contribution in [-0.2, 0) is 7.05 Å². The molecule has 3 heterocycles. The number of hydrogen-bond donors (Lipinski definition) is 1. The van der Waals surface area contributed by atoms with E-state index in [-0.39, 0.29) is 5.91 Å². The molecule has 128 valence electrons. The number of aryl methyl sites for hydroxylation is 1. The Balaban J connectivity index is 1.49. The second-order valence-electron chi connectivity index (χ2n) is 6.32. The van der Waals surface area contributed by atoms with Gasteiger partial charge in [-0.15, -0.1) is 0 Å². The third kappa shape index (κ3) is 2.21. The van der Waals surface area contributed by atoms with Gasteiger partial charge < -0.3 is 4.57 Å². The average Bonchev–Trinajstić information content (AvgIpc) is 3.29. The van der Waals surface area contributed by atoms with E-state index in [9.17, 15) is 4.79 Å². The van der Waals surface area contributed by atoms with Crippen molar-refractivity contribution in [2.24, 2.45) is 17.0 Å². The van der Waals surface area contributed by atoms with Crippen LogP contribution in [0.2, 0.25) is 0 Å². The maximum absolute atomic E-state index is 12.8. The van der Waals surface area contributed by atoms with Gasteiger partial charge in [-0.3, -0.25) is 20.0 Å². The highest BCUT2D eigenvalue weighted by Crippen LogP contribution is 2.27. The number of para-hydroxylation sites is 1. The fourth-order valence-electron chi connectivity index (χ4n) is 3.37. The molecule has 2 aliphatic heterocycles. The monoisotopic (exact) mass is 344 g/mol. The zero-order chi connectivity index (χ0) is 17.7. The number of guanidine groups is 1. The van der Waals surface area contributed by atoms with Crippen LogP contribution in [0.3, 0.4) is 0 Å². The van der Waals surface area contributed by atoms with Gasteiger partial charge in [0.2, 0.25) is 5.96 Å². The van der Waals surface area contributed by atoms with Gasteiger partial charge in [-0.05, 0) is 30.3 Å². The smallest absolute Gasteiger partial charge is 0.258 e. The lowest BCUT2D eigenvalue weighted by atomic mass is 10.1. The molecule has 0 saturated carbocycles. The molecule has 3 aromatic rings. The fraction of sp³-hybridized carbons (Fsp3) is 0.158. The van der Waals surface area contributed by atoms with E-state index in [1.165, 1.54) is 0 Å². The molecule has 0 atom stereocenters. The number of carbonyl (C=O) groups is 1. The number of aliphatic imine (C=N–C) groups is 2. The first kappa shape index (κ1) is 14.8. The van der Waals surface area contributed by atoms with E-state index in [2.05, 4.69) is 20.3 Å². The highest BCUT2D eigenvalue weighted by atomic mass is 16.1. The summed E-state index contributed by atoms with van der Waals surface area (Å²) in [5.41, 5.74) is 4.15. The van der Waals surface area contributed by atoms with Crippen molar-refractivity contribution in [3.63, 3.8) is 0 Å². The largest absolute Gasteiger partial charge is 0.334 e. The fourth-order valence-corrected chi connectivity index (χ4v) is 3.37. The third-order valence-electron chi connectivity index (χ3n) is 4.68. The van der Waals surface area contributed by atoms with Crippen LogP contribution in [0.15, 0.2) is 58.8 Å². The molecule has 7 heteroatoms. The Labute approximate surface area is 149 Å². The van der Waals surface area contributed by atoms with Crippen molar-refractivity contribution in [3.8, 4) is 0 Å². The molecule has 0 fully saturated rings. The predicted octanol–water partition coefficient (Wildman–Crippen LogP) is 2.07. The minimum Gasteiger partial charge on any atom is -0.334 e. The SMILES string of the molecule is Cn1cnc2cc(C(=O)NC3=Nc4ccccc4C4=NCCN34)ccc21. The van der Waals surface area contributed by atoms with E-state index < -0.39 is 0 Å². The number of carbonyl (C=O) groups excluding carboxylic acids is 1. The summed E-state index contributed by atoms with van der Waals surface area (Å²) in [6, 6.07) is 13.3. The van der Waals surface area contributed by atoms with Gasteiger partial charge in [-0.1, -0.05) is 12.1 Å². The highest BCUT2D eigenvalue weighted by Gasteiger charge is 2.30. The van der Waals surface area contributed by atoms with Crippen LogP contribution in [0, 0.1) is 0 Å². The Hall–Kier alpha value is -3.48. The highest BCUT2D eigenvalue weighted by molar-refractivity contribution is 6.19. The number of nitrogens with one attached hydrogen (secondary N) is 1. The number of imidazole rings is 1. The van der Waals surface area contributed by atoms with E-state index in [0.29, 0.717) is 24.6 Å².